The highest BCUT2D eigenvalue weighted by atomic mass is 32.2. The van der Waals surface area contributed by atoms with Crippen LogP contribution >= 0.6 is 11.8 Å². The molecule has 0 saturated heterocycles. The van der Waals surface area contributed by atoms with E-state index in [1.807, 2.05) is 85.0 Å². The lowest BCUT2D eigenvalue weighted by Gasteiger charge is -2.15. The standard InChI is InChI=1S/C27H22N6O2S/c1-3-31-24(34)19-12-6-9-15-22(19)32-23(29-30-26(31)32)16-36-27-28-20-13-7-5-11-18(20)25(35)33(27)21-14-8-4-10-17(21)2/h4-15H,3,16H2,1-2H3. The van der Waals surface area contributed by atoms with E-state index in [1.165, 1.54) is 11.8 Å². The molecular weight excluding hydrogens is 472 g/mol. The van der Waals surface area contributed by atoms with Gasteiger partial charge in [-0.3, -0.25) is 23.1 Å². The van der Waals surface area contributed by atoms with Gasteiger partial charge in [-0.1, -0.05) is 54.2 Å². The van der Waals surface area contributed by atoms with Crippen LogP contribution in [-0.4, -0.2) is 28.7 Å². The smallest absolute Gasteiger partial charge is 0.266 e. The van der Waals surface area contributed by atoms with Gasteiger partial charge in [0.25, 0.3) is 11.1 Å². The molecule has 0 N–H and O–H groups in total. The number of aryl methyl sites for hydroxylation is 2. The lowest BCUT2D eigenvalue weighted by Crippen LogP contribution is -2.23. The Morgan fingerprint density at radius 2 is 1.56 bits per heavy atom. The summed E-state index contributed by atoms with van der Waals surface area (Å²) in [5.41, 5.74) is 2.96. The second-order valence-electron chi connectivity index (χ2n) is 8.45. The van der Waals surface area contributed by atoms with Gasteiger partial charge in [-0.2, -0.15) is 0 Å². The highest BCUT2D eigenvalue weighted by molar-refractivity contribution is 7.98. The molecule has 0 radical (unpaired) electrons. The van der Waals surface area contributed by atoms with Gasteiger partial charge in [0.15, 0.2) is 5.16 Å². The number of rotatable bonds is 5. The molecule has 0 amide bonds. The molecule has 9 heteroatoms. The van der Waals surface area contributed by atoms with Gasteiger partial charge in [-0.15, -0.1) is 10.2 Å². The first kappa shape index (κ1) is 22.2. The predicted molar refractivity (Wildman–Crippen MR) is 142 cm³/mol. The molecule has 0 aliphatic rings. The van der Waals surface area contributed by atoms with Crippen molar-refractivity contribution in [3.05, 3.63) is 105 Å². The van der Waals surface area contributed by atoms with Gasteiger partial charge >= 0.3 is 0 Å². The van der Waals surface area contributed by atoms with Crippen LogP contribution in [0.2, 0.25) is 0 Å². The maximum Gasteiger partial charge on any atom is 0.266 e. The van der Waals surface area contributed by atoms with Gasteiger partial charge in [0.2, 0.25) is 5.78 Å². The van der Waals surface area contributed by atoms with E-state index in [0.717, 1.165) is 16.8 Å². The normalized spacial score (nSPS) is 11.6. The van der Waals surface area contributed by atoms with E-state index in [-0.39, 0.29) is 11.1 Å². The third-order valence-electron chi connectivity index (χ3n) is 6.32. The van der Waals surface area contributed by atoms with Crippen LogP contribution in [-0.2, 0) is 12.3 Å². The van der Waals surface area contributed by atoms with Crippen molar-refractivity contribution in [3.8, 4) is 5.69 Å². The second-order valence-corrected chi connectivity index (χ2v) is 9.39. The topological polar surface area (TPSA) is 87.1 Å². The van der Waals surface area contributed by atoms with Crippen LogP contribution in [0.3, 0.4) is 0 Å². The van der Waals surface area contributed by atoms with Crippen molar-refractivity contribution in [3.63, 3.8) is 0 Å². The number of para-hydroxylation sites is 3. The number of hydrogen-bond acceptors (Lipinski definition) is 6. The molecular formula is C27H22N6O2S. The Hall–Kier alpha value is -4.24. The third-order valence-corrected chi connectivity index (χ3v) is 7.26. The molecule has 3 heterocycles. The van der Waals surface area contributed by atoms with Crippen molar-refractivity contribution in [2.75, 3.05) is 0 Å². The van der Waals surface area contributed by atoms with E-state index in [0.29, 0.717) is 45.3 Å². The molecule has 0 bridgehead atoms. The molecule has 0 aliphatic carbocycles. The van der Waals surface area contributed by atoms with Gasteiger partial charge in [0.1, 0.15) is 5.82 Å². The molecule has 0 atom stereocenters. The Kier molecular flexibility index (Phi) is 5.41. The average molecular weight is 495 g/mol. The minimum Gasteiger partial charge on any atom is -0.277 e. The summed E-state index contributed by atoms with van der Waals surface area (Å²) in [7, 11) is 0. The molecule has 8 nitrogen and oxygen atoms in total. The first-order valence-corrected chi connectivity index (χ1v) is 12.6. The summed E-state index contributed by atoms with van der Waals surface area (Å²) in [6, 6.07) is 22.6. The summed E-state index contributed by atoms with van der Waals surface area (Å²) < 4.78 is 5.22. The molecule has 3 aromatic heterocycles. The number of nitrogens with zero attached hydrogens (tertiary/aromatic N) is 6. The van der Waals surface area contributed by atoms with Gasteiger partial charge in [0, 0.05) is 6.54 Å². The van der Waals surface area contributed by atoms with Crippen LogP contribution in [0.5, 0.6) is 0 Å². The van der Waals surface area contributed by atoms with Crippen LogP contribution in [0.25, 0.3) is 33.3 Å². The molecule has 0 unspecified atom stereocenters. The van der Waals surface area contributed by atoms with Gasteiger partial charge in [-0.05, 0) is 49.7 Å². The van der Waals surface area contributed by atoms with E-state index in [2.05, 4.69) is 10.2 Å². The number of thioether (sulfide) groups is 1. The SMILES string of the molecule is CCn1c(=O)c2ccccc2n2c(CSc3nc4ccccc4c(=O)n3-c3ccccc3C)nnc12. The van der Waals surface area contributed by atoms with Crippen LogP contribution in [0.4, 0.5) is 0 Å². The zero-order valence-electron chi connectivity index (χ0n) is 19.8. The first-order valence-electron chi connectivity index (χ1n) is 11.6. The molecule has 36 heavy (non-hydrogen) atoms. The fraction of sp³-hybridized carbons (Fsp3) is 0.148. The summed E-state index contributed by atoms with van der Waals surface area (Å²) in [4.78, 5) is 31.5. The summed E-state index contributed by atoms with van der Waals surface area (Å²) in [5, 5.41) is 10.5. The number of hydrogen-bond donors (Lipinski definition) is 0. The largest absolute Gasteiger partial charge is 0.277 e. The highest BCUT2D eigenvalue weighted by Gasteiger charge is 2.19. The van der Waals surface area contributed by atoms with E-state index in [4.69, 9.17) is 4.98 Å². The van der Waals surface area contributed by atoms with Crippen LogP contribution in [0.15, 0.2) is 87.5 Å². The minimum absolute atomic E-state index is 0.0863. The second kappa shape index (κ2) is 8.76. The first-order chi connectivity index (χ1) is 17.6. The van der Waals surface area contributed by atoms with Crippen molar-refractivity contribution in [2.24, 2.45) is 0 Å². The minimum atomic E-state index is -0.117. The third kappa shape index (κ3) is 3.43. The highest BCUT2D eigenvalue weighted by Crippen LogP contribution is 2.26. The van der Waals surface area contributed by atoms with Crippen LogP contribution in [0, 0.1) is 6.92 Å². The molecule has 0 fully saturated rings. The van der Waals surface area contributed by atoms with E-state index in [9.17, 15) is 9.59 Å². The predicted octanol–water partition coefficient (Wildman–Crippen LogP) is 4.36. The average Bonchev–Trinajstić information content (AvgIpc) is 3.32. The van der Waals surface area contributed by atoms with Crippen molar-refractivity contribution in [1.82, 2.24) is 28.7 Å². The molecule has 6 rings (SSSR count). The number of fused-ring (bicyclic) bond motifs is 4. The molecule has 0 saturated carbocycles. The number of benzene rings is 3. The maximum absolute atomic E-state index is 13.6. The molecule has 3 aromatic carbocycles. The van der Waals surface area contributed by atoms with Gasteiger partial charge in [-0.25, -0.2) is 4.98 Å². The Morgan fingerprint density at radius 3 is 2.36 bits per heavy atom. The maximum atomic E-state index is 13.6. The quantitative estimate of drug-likeness (QED) is 0.261. The van der Waals surface area contributed by atoms with Crippen molar-refractivity contribution in [2.45, 2.75) is 31.3 Å². The van der Waals surface area contributed by atoms with Crippen molar-refractivity contribution < 1.29 is 0 Å². The molecule has 6 aromatic rings. The molecule has 0 spiro atoms. The molecule has 178 valence electrons. The summed E-state index contributed by atoms with van der Waals surface area (Å²) in [6.45, 7) is 4.38. The van der Waals surface area contributed by atoms with Crippen LogP contribution < -0.4 is 11.1 Å². The lowest BCUT2D eigenvalue weighted by atomic mass is 10.2. The van der Waals surface area contributed by atoms with Crippen molar-refractivity contribution >= 4 is 39.3 Å². The van der Waals surface area contributed by atoms with E-state index >= 15 is 0 Å². The fourth-order valence-corrected chi connectivity index (χ4v) is 5.48. The number of aromatic nitrogens is 6. The zero-order valence-corrected chi connectivity index (χ0v) is 20.6. The summed E-state index contributed by atoms with van der Waals surface area (Å²) in [5.74, 6) is 1.58. The van der Waals surface area contributed by atoms with E-state index < -0.39 is 0 Å². The van der Waals surface area contributed by atoms with Crippen molar-refractivity contribution in [1.29, 1.82) is 0 Å². The summed E-state index contributed by atoms with van der Waals surface area (Å²) >= 11 is 1.42. The summed E-state index contributed by atoms with van der Waals surface area (Å²) in [6.07, 6.45) is 0. The Morgan fingerprint density at radius 1 is 0.833 bits per heavy atom. The van der Waals surface area contributed by atoms with Crippen LogP contribution in [0.1, 0.15) is 18.3 Å². The van der Waals surface area contributed by atoms with Gasteiger partial charge < -0.3 is 0 Å². The molecule has 0 aliphatic heterocycles. The monoisotopic (exact) mass is 494 g/mol. The Bertz CT molecular complexity index is 1900. The fourth-order valence-electron chi connectivity index (χ4n) is 4.56. The Balaban J connectivity index is 1.53. The lowest BCUT2D eigenvalue weighted by molar-refractivity contribution is 0.735. The Labute approximate surface area is 209 Å². The van der Waals surface area contributed by atoms with Gasteiger partial charge in [0.05, 0.1) is 33.2 Å². The zero-order chi connectivity index (χ0) is 24.8. The van der Waals surface area contributed by atoms with E-state index in [1.54, 1.807) is 15.2 Å².